The SMILES string of the molecule is C[C@H](OC(=O)c1ccco1)C(=O)N1c2ccccc2C[C@@H]1C. The zero-order chi connectivity index (χ0) is 15.7. The fraction of sp³-hybridized carbons (Fsp3) is 0.294. The average molecular weight is 299 g/mol. The fourth-order valence-electron chi connectivity index (χ4n) is 2.76. The van der Waals surface area contributed by atoms with Crippen molar-refractivity contribution in [2.75, 3.05) is 4.90 Å². The quantitative estimate of drug-likeness (QED) is 0.818. The van der Waals surface area contributed by atoms with E-state index in [1.165, 1.54) is 12.3 Å². The van der Waals surface area contributed by atoms with E-state index >= 15 is 0 Å². The molecule has 1 amide bonds. The van der Waals surface area contributed by atoms with E-state index in [2.05, 4.69) is 0 Å². The number of rotatable bonds is 3. The average Bonchev–Trinajstić information content (AvgIpc) is 3.13. The van der Waals surface area contributed by atoms with Gasteiger partial charge in [-0.1, -0.05) is 18.2 Å². The lowest BCUT2D eigenvalue weighted by molar-refractivity contribution is -0.126. The van der Waals surface area contributed by atoms with E-state index in [1.54, 1.807) is 17.9 Å². The van der Waals surface area contributed by atoms with E-state index in [0.717, 1.165) is 17.7 Å². The third-order valence-corrected chi connectivity index (χ3v) is 3.80. The molecule has 3 rings (SSSR count). The number of benzene rings is 1. The molecule has 1 aliphatic rings. The molecule has 1 aromatic heterocycles. The molecule has 5 heteroatoms. The second-order valence-corrected chi connectivity index (χ2v) is 5.41. The Hall–Kier alpha value is -2.56. The molecule has 0 unspecified atom stereocenters. The van der Waals surface area contributed by atoms with Gasteiger partial charge in [0.2, 0.25) is 5.76 Å². The van der Waals surface area contributed by atoms with Gasteiger partial charge < -0.3 is 14.1 Å². The molecule has 0 fully saturated rings. The van der Waals surface area contributed by atoms with Gasteiger partial charge in [0, 0.05) is 11.7 Å². The van der Waals surface area contributed by atoms with Crippen molar-refractivity contribution in [3.05, 3.63) is 54.0 Å². The monoisotopic (exact) mass is 299 g/mol. The first-order valence-electron chi connectivity index (χ1n) is 7.23. The first kappa shape index (κ1) is 14.4. The number of furan rings is 1. The minimum Gasteiger partial charge on any atom is -0.457 e. The maximum absolute atomic E-state index is 12.6. The van der Waals surface area contributed by atoms with E-state index in [4.69, 9.17) is 9.15 Å². The van der Waals surface area contributed by atoms with Crippen LogP contribution in [0.4, 0.5) is 5.69 Å². The van der Waals surface area contributed by atoms with Crippen molar-refractivity contribution in [2.24, 2.45) is 0 Å². The zero-order valence-corrected chi connectivity index (χ0v) is 12.5. The van der Waals surface area contributed by atoms with Crippen LogP contribution in [0.3, 0.4) is 0 Å². The Morgan fingerprint density at radius 1 is 1.27 bits per heavy atom. The molecule has 0 saturated carbocycles. The van der Waals surface area contributed by atoms with Gasteiger partial charge in [0.15, 0.2) is 6.10 Å². The second kappa shape index (κ2) is 5.67. The molecule has 0 bridgehead atoms. The van der Waals surface area contributed by atoms with Gasteiger partial charge in [0.1, 0.15) is 0 Å². The largest absolute Gasteiger partial charge is 0.457 e. The summed E-state index contributed by atoms with van der Waals surface area (Å²) in [5, 5.41) is 0. The molecule has 0 spiro atoms. The molecule has 114 valence electrons. The number of esters is 1. The highest BCUT2D eigenvalue weighted by atomic mass is 16.6. The number of nitrogens with zero attached hydrogens (tertiary/aromatic N) is 1. The smallest absolute Gasteiger partial charge is 0.374 e. The third kappa shape index (κ3) is 2.50. The van der Waals surface area contributed by atoms with E-state index in [0.29, 0.717) is 0 Å². The Morgan fingerprint density at radius 2 is 2.05 bits per heavy atom. The van der Waals surface area contributed by atoms with Gasteiger partial charge in [-0.25, -0.2) is 4.79 Å². The number of fused-ring (bicyclic) bond motifs is 1. The highest BCUT2D eigenvalue weighted by molar-refractivity contribution is 6.00. The maximum Gasteiger partial charge on any atom is 0.374 e. The van der Waals surface area contributed by atoms with Gasteiger partial charge in [-0.15, -0.1) is 0 Å². The summed E-state index contributed by atoms with van der Waals surface area (Å²) in [6.07, 6.45) is 1.33. The highest BCUT2D eigenvalue weighted by Gasteiger charge is 2.34. The molecule has 0 saturated heterocycles. The van der Waals surface area contributed by atoms with Gasteiger partial charge in [0.05, 0.1) is 6.26 Å². The van der Waals surface area contributed by atoms with Crippen LogP contribution in [0.15, 0.2) is 47.1 Å². The molecule has 0 aliphatic carbocycles. The number of carbonyl (C=O) groups is 2. The number of hydrogen-bond acceptors (Lipinski definition) is 4. The third-order valence-electron chi connectivity index (χ3n) is 3.80. The predicted octanol–water partition coefficient (Wildman–Crippen LogP) is 2.80. The van der Waals surface area contributed by atoms with Gasteiger partial charge >= 0.3 is 5.97 Å². The van der Waals surface area contributed by atoms with Crippen LogP contribution < -0.4 is 4.90 Å². The van der Waals surface area contributed by atoms with Crippen molar-refractivity contribution < 1.29 is 18.7 Å². The van der Waals surface area contributed by atoms with Crippen LogP contribution in [-0.2, 0) is 16.0 Å². The molecule has 0 radical (unpaired) electrons. The lowest BCUT2D eigenvalue weighted by atomic mass is 10.1. The molecule has 1 aliphatic heterocycles. The molecular formula is C17H17NO4. The van der Waals surface area contributed by atoms with Crippen LogP contribution in [0.2, 0.25) is 0 Å². The minimum atomic E-state index is -0.869. The number of anilines is 1. The van der Waals surface area contributed by atoms with E-state index in [1.807, 2.05) is 31.2 Å². The molecule has 1 aromatic carbocycles. The lowest BCUT2D eigenvalue weighted by Gasteiger charge is -2.25. The lowest BCUT2D eigenvalue weighted by Crippen LogP contribution is -2.43. The van der Waals surface area contributed by atoms with E-state index in [-0.39, 0.29) is 17.7 Å². The minimum absolute atomic E-state index is 0.0506. The Morgan fingerprint density at radius 3 is 2.77 bits per heavy atom. The van der Waals surface area contributed by atoms with Crippen molar-refractivity contribution in [1.29, 1.82) is 0 Å². The van der Waals surface area contributed by atoms with Gasteiger partial charge in [-0.2, -0.15) is 0 Å². The summed E-state index contributed by atoms with van der Waals surface area (Å²) in [7, 11) is 0. The summed E-state index contributed by atoms with van der Waals surface area (Å²) in [4.78, 5) is 26.2. The highest BCUT2D eigenvalue weighted by Crippen LogP contribution is 2.32. The Balaban J connectivity index is 1.75. The standard InChI is InChI=1S/C17H17NO4/c1-11-10-13-6-3-4-7-14(13)18(11)16(19)12(2)22-17(20)15-8-5-9-21-15/h3-9,11-12H,10H2,1-2H3/t11-,12-/m0/s1. The summed E-state index contributed by atoms with van der Waals surface area (Å²) in [5.41, 5.74) is 2.02. The molecule has 5 nitrogen and oxygen atoms in total. The first-order valence-corrected chi connectivity index (χ1v) is 7.23. The summed E-state index contributed by atoms with van der Waals surface area (Å²) in [6.45, 7) is 3.57. The first-order chi connectivity index (χ1) is 10.6. The molecule has 0 N–H and O–H groups in total. The van der Waals surface area contributed by atoms with E-state index in [9.17, 15) is 9.59 Å². The van der Waals surface area contributed by atoms with Crippen LogP contribution in [0.5, 0.6) is 0 Å². The summed E-state index contributed by atoms with van der Waals surface area (Å²) in [6, 6.07) is 10.9. The summed E-state index contributed by atoms with van der Waals surface area (Å²) < 4.78 is 10.2. The summed E-state index contributed by atoms with van der Waals surface area (Å²) in [5.74, 6) is -0.766. The van der Waals surface area contributed by atoms with Gasteiger partial charge in [-0.3, -0.25) is 4.79 Å². The van der Waals surface area contributed by atoms with Crippen LogP contribution in [-0.4, -0.2) is 24.0 Å². The Labute approximate surface area is 128 Å². The Kier molecular flexibility index (Phi) is 3.71. The zero-order valence-electron chi connectivity index (χ0n) is 12.5. The van der Waals surface area contributed by atoms with Crippen molar-refractivity contribution in [3.63, 3.8) is 0 Å². The number of ether oxygens (including phenoxy) is 1. The summed E-state index contributed by atoms with van der Waals surface area (Å²) >= 11 is 0. The molecule has 2 heterocycles. The topological polar surface area (TPSA) is 59.8 Å². The van der Waals surface area contributed by atoms with Crippen molar-refractivity contribution in [1.82, 2.24) is 0 Å². The van der Waals surface area contributed by atoms with Gasteiger partial charge in [0.25, 0.3) is 5.91 Å². The van der Waals surface area contributed by atoms with Crippen molar-refractivity contribution in [3.8, 4) is 0 Å². The normalized spacial score (nSPS) is 17.9. The van der Waals surface area contributed by atoms with E-state index < -0.39 is 12.1 Å². The molecule has 22 heavy (non-hydrogen) atoms. The number of para-hydroxylation sites is 1. The number of carbonyl (C=O) groups excluding carboxylic acids is 2. The van der Waals surface area contributed by atoms with Crippen LogP contribution in [0, 0.1) is 0 Å². The predicted molar refractivity (Wildman–Crippen MR) is 80.7 cm³/mol. The number of amides is 1. The van der Waals surface area contributed by atoms with Crippen molar-refractivity contribution >= 4 is 17.6 Å². The van der Waals surface area contributed by atoms with Crippen LogP contribution in [0.25, 0.3) is 0 Å². The van der Waals surface area contributed by atoms with Crippen molar-refractivity contribution in [2.45, 2.75) is 32.4 Å². The van der Waals surface area contributed by atoms with Crippen LogP contribution >= 0.6 is 0 Å². The fourth-order valence-corrected chi connectivity index (χ4v) is 2.76. The second-order valence-electron chi connectivity index (χ2n) is 5.41. The maximum atomic E-state index is 12.6. The number of hydrogen-bond donors (Lipinski definition) is 0. The molecule has 2 aromatic rings. The van der Waals surface area contributed by atoms with Crippen LogP contribution in [0.1, 0.15) is 30.0 Å². The Bertz CT molecular complexity index is 692. The molecule has 2 atom stereocenters. The molecular weight excluding hydrogens is 282 g/mol. The van der Waals surface area contributed by atoms with Gasteiger partial charge in [-0.05, 0) is 44.0 Å².